The largest absolute Gasteiger partial charge is 0.392 e. The molecule has 0 unspecified atom stereocenters. The van der Waals surface area contributed by atoms with Gasteiger partial charge in [-0.3, -0.25) is 0 Å². The number of aliphatic hydroxyl groups excluding tert-OH is 1. The molecule has 0 spiro atoms. The summed E-state index contributed by atoms with van der Waals surface area (Å²) in [4.78, 5) is 0. The van der Waals surface area contributed by atoms with E-state index in [9.17, 15) is 5.11 Å². The highest BCUT2D eigenvalue weighted by atomic mass is 16.3. The van der Waals surface area contributed by atoms with E-state index in [2.05, 4.69) is 45.6 Å². The van der Waals surface area contributed by atoms with E-state index in [1.165, 1.54) is 30.4 Å². The topological polar surface area (TPSA) is 20.2 Å². The van der Waals surface area contributed by atoms with E-state index in [1.807, 2.05) is 0 Å². The van der Waals surface area contributed by atoms with E-state index < -0.39 is 0 Å². The zero-order valence-electron chi connectivity index (χ0n) is 15.0. The highest BCUT2D eigenvalue weighted by molar-refractivity contribution is 5.33. The van der Waals surface area contributed by atoms with Gasteiger partial charge < -0.3 is 5.11 Å². The van der Waals surface area contributed by atoms with Crippen molar-refractivity contribution in [3.05, 3.63) is 36.0 Å². The second-order valence-electron chi connectivity index (χ2n) is 9.08. The predicted octanol–water partition coefficient (Wildman–Crippen LogP) is 5.28. The van der Waals surface area contributed by atoms with Crippen LogP contribution in [0.2, 0.25) is 0 Å². The first-order valence-electron chi connectivity index (χ1n) is 9.64. The lowest BCUT2D eigenvalue weighted by Crippen LogP contribution is -2.54. The smallest absolute Gasteiger partial charge is 0.0611 e. The average molecular weight is 312 g/mol. The van der Waals surface area contributed by atoms with E-state index >= 15 is 0 Å². The molecule has 0 amide bonds. The maximum atomic E-state index is 11.1. The van der Waals surface area contributed by atoms with Crippen LogP contribution in [0, 0.1) is 34.5 Å². The molecule has 3 saturated carbocycles. The van der Waals surface area contributed by atoms with Gasteiger partial charge in [0.15, 0.2) is 0 Å². The first-order chi connectivity index (χ1) is 10.9. The highest BCUT2D eigenvalue weighted by Crippen LogP contribution is 2.67. The molecule has 0 aromatic rings. The number of fused-ring (bicyclic) bond motifs is 5. The fourth-order valence-electron chi connectivity index (χ4n) is 7.12. The Balaban J connectivity index is 1.75. The monoisotopic (exact) mass is 312 g/mol. The minimum atomic E-state index is -0.154. The van der Waals surface area contributed by atoms with E-state index in [1.54, 1.807) is 0 Å². The van der Waals surface area contributed by atoms with E-state index in [0.29, 0.717) is 29.1 Å². The molecule has 1 heteroatoms. The molecule has 3 fully saturated rings. The van der Waals surface area contributed by atoms with Gasteiger partial charge in [0.25, 0.3) is 0 Å². The Morgan fingerprint density at radius 2 is 2.04 bits per heavy atom. The van der Waals surface area contributed by atoms with Gasteiger partial charge in [-0.15, -0.1) is 0 Å². The van der Waals surface area contributed by atoms with Gasteiger partial charge in [0.1, 0.15) is 0 Å². The van der Waals surface area contributed by atoms with Gasteiger partial charge in [0.05, 0.1) is 6.10 Å². The summed E-state index contributed by atoms with van der Waals surface area (Å²) in [6, 6.07) is 0. The van der Waals surface area contributed by atoms with Gasteiger partial charge in [-0.05, 0) is 67.6 Å². The van der Waals surface area contributed by atoms with E-state index in [0.717, 1.165) is 19.3 Å². The summed E-state index contributed by atoms with van der Waals surface area (Å²) in [5.74, 6) is 2.34. The Hall–Kier alpha value is -0.820. The molecule has 126 valence electrons. The molecule has 4 aliphatic rings. The van der Waals surface area contributed by atoms with Gasteiger partial charge in [-0.25, -0.2) is 0 Å². The van der Waals surface area contributed by atoms with Gasteiger partial charge >= 0.3 is 0 Å². The fourth-order valence-corrected chi connectivity index (χ4v) is 7.12. The van der Waals surface area contributed by atoms with Crippen LogP contribution in [-0.4, -0.2) is 11.2 Å². The van der Waals surface area contributed by atoms with Gasteiger partial charge in [-0.2, -0.15) is 0 Å². The summed E-state index contributed by atoms with van der Waals surface area (Å²) in [6.45, 7) is 11.7. The Kier molecular flexibility index (Phi) is 3.47. The van der Waals surface area contributed by atoms with Crippen molar-refractivity contribution in [2.75, 3.05) is 0 Å². The van der Waals surface area contributed by atoms with Crippen molar-refractivity contribution in [3.8, 4) is 0 Å². The van der Waals surface area contributed by atoms with Crippen LogP contribution in [0.1, 0.15) is 59.3 Å². The van der Waals surface area contributed by atoms with Gasteiger partial charge in [-0.1, -0.05) is 56.7 Å². The SMILES string of the molecule is C=C1C[C@H]2[C@@H]3[C@@H](O)CC4=CCC=C[C@]4(C)[C@H]3CC[C@]2(C)[C@H]1CC. The number of allylic oxidation sites excluding steroid dienone is 4. The van der Waals surface area contributed by atoms with Gasteiger partial charge in [0.2, 0.25) is 0 Å². The summed E-state index contributed by atoms with van der Waals surface area (Å²) < 4.78 is 0. The lowest BCUT2D eigenvalue weighted by molar-refractivity contribution is -0.0949. The standard InChI is InChI=1S/C22H32O/c1-5-16-14(2)12-18-20-17(9-11-22(16,18)4)21(3)10-7-6-8-15(21)13-19(20)23/h7-8,10,16-20,23H,2,5-6,9,11-13H2,1,3-4H3/t16-,17-,18-,19-,20+,21-,22+/m0/s1. The van der Waals surface area contributed by atoms with Crippen molar-refractivity contribution < 1.29 is 5.11 Å². The molecule has 0 aliphatic heterocycles. The normalized spacial score (nSPS) is 51.7. The van der Waals surface area contributed by atoms with Gasteiger partial charge in [0, 0.05) is 5.41 Å². The highest BCUT2D eigenvalue weighted by Gasteiger charge is 2.60. The molecule has 1 nitrogen and oxygen atoms in total. The lowest BCUT2D eigenvalue weighted by Gasteiger charge is -2.58. The zero-order valence-corrected chi connectivity index (χ0v) is 15.0. The van der Waals surface area contributed by atoms with Crippen LogP contribution in [-0.2, 0) is 0 Å². The maximum absolute atomic E-state index is 11.1. The minimum absolute atomic E-state index is 0.154. The number of aliphatic hydroxyl groups is 1. The van der Waals surface area contributed by atoms with E-state index in [-0.39, 0.29) is 11.5 Å². The van der Waals surface area contributed by atoms with Crippen molar-refractivity contribution in [2.24, 2.45) is 34.5 Å². The van der Waals surface area contributed by atoms with Crippen molar-refractivity contribution >= 4 is 0 Å². The van der Waals surface area contributed by atoms with Crippen molar-refractivity contribution in [1.82, 2.24) is 0 Å². The first kappa shape index (κ1) is 15.7. The van der Waals surface area contributed by atoms with E-state index in [4.69, 9.17) is 0 Å². The third kappa shape index (κ3) is 1.95. The molecule has 0 bridgehead atoms. The maximum Gasteiger partial charge on any atom is 0.0611 e. The molecule has 0 heterocycles. The Bertz CT molecular complexity index is 585. The second-order valence-corrected chi connectivity index (χ2v) is 9.08. The summed E-state index contributed by atoms with van der Waals surface area (Å²) in [7, 11) is 0. The third-order valence-electron chi connectivity index (χ3n) is 8.25. The first-order valence-corrected chi connectivity index (χ1v) is 9.64. The molecular weight excluding hydrogens is 280 g/mol. The second kappa shape index (κ2) is 5.09. The van der Waals surface area contributed by atoms with Crippen LogP contribution in [0.25, 0.3) is 0 Å². The number of hydrogen-bond donors (Lipinski definition) is 1. The zero-order chi connectivity index (χ0) is 16.4. The van der Waals surface area contributed by atoms with Crippen molar-refractivity contribution in [1.29, 1.82) is 0 Å². The lowest BCUT2D eigenvalue weighted by atomic mass is 9.47. The molecule has 0 saturated heterocycles. The van der Waals surface area contributed by atoms with Crippen LogP contribution < -0.4 is 0 Å². The summed E-state index contributed by atoms with van der Waals surface area (Å²) in [6.07, 6.45) is 13.9. The minimum Gasteiger partial charge on any atom is -0.392 e. The van der Waals surface area contributed by atoms with Crippen LogP contribution >= 0.6 is 0 Å². The van der Waals surface area contributed by atoms with Crippen molar-refractivity contribution in [3.63, 3.8) is 0 Å². The molecule has 23 heavy (non-hydrogen) atoms. The van der Waals surface area contributed by atoms with Crippen LogP contribution in [0.3, 0.4) is 0 Å². The Morgan fingerprint density at radius 1 is 1.26 bits per heavy atom. The number of rotatable bonds is 1. The molecule has 0 radical (unpaired) electrons. The Morgan fingerprint density at radius 3 is 2.78 bits per heavy atom. The molecular formula is C22H32O. The fraction of sp³-hybridized carbons (Fsp3) is 0.727. The molecule has 0 aromatic carbocycles. The molecule has 0 aromatic heterocycles. The molecule has 7 atom stereocenters. The predicted molar refractivity (Wildman–Crippen MR) is 95.9 cm³/mol. The average Bonchev–Trinajstić information content (AvgIpc) is 2.77. The van der Waals surface area contributed by atoms with Crippen LogP contribution in [0.5, 0.6) is 0 Å². The molecule has 4 rings (SSSR count). The quantitative estimate of drug-likeness (QED) is 0.653. The summed E-state index contributed by atoms with van der Waals surface area (Å²) >= 11 is 0. The number of hydrogen-bond acceptors (Lipinski definition) is 1. The van der Waals surface area contributed by atoms with Crippen LogP contribution in [0.15, 0.2) is 36.0 Å². The summed E-state index contributed by atoms with van der Waals surface area (Å²) in [5, 5.41) is 11.1. The molecule has 1 N–H and O–H groups in total. The van der Waals surface area contributed by atoms with Crippen molar-refractivity contribution in [2.45, 2.75) is 65.4 Å². The Labute approximate surface area is 141 Å². The molecule has 4 aliphatic carbocycles. The summed E-state index contributed by atoms with van der Waals surface area (Å²) in [5.41, 5.74) is 3.51. The third-order valence-corrected chi connectivity index (χ3v) is 8.25. The van der Waals surface area contributed by atoms with Crippen LogP contribution in [0.4, 0.5) is 0 Å².